The van der Waals surface area contributed by atoms with Gasteiger partial charge in [-0.05, 0) is 56.3 Å². The van der Waals surface area contributed by atoms with Crippen LogP contribution in [0.4, 0.5) is 5.82 Å². The molecule has 0 radical (unpaired) electrons. The number of imidazole rings is 1. The molecule has 0 aliphatic carbocycles. The Morgan fingerprint density at radius 2 is 1.76 bits per heavy atom. The molecule has 1 saturated heterocycles. The van der Waals surface area contributed by atoms with E-state index in [-0.39, 0.29) is 0 Å². The molecular formula is C24H23Cl2N6O2+. The van der Waals surface area contributed by atoms with E-state index < -0.39 is 11.5 Å². The number of carbonyl (C=O) groups excluding carboxylic acids is 1. The average molecular weight is 498 g/mol. The van der Waals surface area contributed by atoms with Crippen LogP contribution in [0.3, 0.4) is 0 Å². The van der Waals surface area contributed by atoms with Crippen LogP contribution in [-0.2, 0) is 4.79 Å². The second kappa shape index (κ2) is 8.87. The van der Waals surface area contributed by atoms with Gasteiger partial charge < -0.3 is 10.0 Å². The predicted octanol–water partition coefficient (Wildman–Crippen LogP) is 3.60. The molecule has 0 spiro atoms. The fraction of sp³-hybridized carbons (Fsp3) is 0.250. The smallest absolute Gasteiger partial charge is 0.536 e. The molecule has 4 aromatic rings. The minimum atomic E-state index is -0.825. The maximum Gasteiger partial charge on any atom is 0.536 e. The highest BCUT2D eigenvalue weighted by molar-refractivity contribution is 6.33. The van der Waals surface area contributed by atoms with Crippen LogP contribution in [-0.4, -0.2) is 56.3 Å². The Hall–Kier alpha value is -3.20. The lowest BCUT2D eigenvalue weighted by Gasteiger charge is -2.36. The second-order valence-electron chi connectivity index (χ2n) is 8.24. The van der Waals surface area contributed by atoms with E-state index in [1.807, 2.05) is 53.1 Å². The van der Waals surface area contributed by atoms with Crippen LogP contribution in [0.25, 0.3) is 28.2 Å². The van der Waals surface area contributed by atoms with E-state index in [0.717, 1.165) is 11.3 Å². The van der Waals surface area contributed by atoms with Gasteiger partial charge in [-0.3, -0.25) is 9.88 Å². The zero-order valence-electron chi connectivity index (χ0n) is 18.4. The summed E-state index contributed by atoms with van der Waals surface area (Å²) in [6.45, 7) is 1.12. The van der Waals surface area contributed by atoms with E-state index in [1.54, 1.807) is 7.05 Å². The highest BCUT2D eigenvalue weighted by Crippen LogP contribution is 2.36. The lowest BCUT2D eigenvalue weighted by molar-refractivity contribution is -0.145. The van der Waals surface area contributed by atoms with Gasteiger partial charge in [0.05, 0.1) is 5.02 Å². The second-order valence-corrected chi connectivity index (χ2v) is 9.09. The summed E-state index contributed by atoms with van der Waals surface area (Å²) >= 11 is 12.7. The maximum atomic E-state index is 11.9. The summed E-state index contributed by atoms with van der Waals surface area (Å²) in [6.07, 6.45) is 2.54. The number of hydrogen-bond acceptors (Lipinski definition) is 6. The quantitative estimate of drug-likeness (QED) is 0.423. The lowest BCUT2D eigenvalue weighted by Crippen LogP contribution is -2.57. The van der Waals surface area contributed by atoms with E-state index in [2.05, 4.69) is 20.2 Å². The first-order valence-electron chi connectivity index (χ1n) is 10.9. The molecule has 0 unspecified atom stereocenters. The summed E-state index contributed by atoms with van der Waals surface area (Å²) in [6, 6.07) is 15.0. The SMILES string of the molecule is CNC1(C(=O)[OH2+])CCN(c2ncnc3c2nc(-c2ccccc2Cl)n3-c2ccc(Cl)cc2)CC1. The van der Waals surface area contributed by atoms with Crippen LogP contribution in [0.5, 0.6) is 0 Å². The van der Waals surface area contributed by atoms with Crippen molar-refractivity contribution in [2.24, 2.45) is 0 Å². The number of carbonyl (C=O) groups is 1. The number of hydrogen-bond donors (Lipinski definition) is 1. The van der Waals surface area contributed by atoms with Crippen molar-refractivity contribution < 1.29 is 9.90 Å². The molecule has 34 heavy (non-hydrogen) atoms. The van der Waals surface area contributed by atoms with Crippen molar-refractivity contribution in [1.29, 1.82) is 0 Å². The number of anilines is 1. The summed E-state index contributed by atoms with van der Waals surface area (Å²) in [7, 11) is 1.73. The predicted molar refractivity (Wildman–Crippen MR) is 134 cm³/mol. The molecule has 10 heteroatoms. The molecule has 0 saturated carbocycles. The highest BCUT2D eigenvalue weighted by Gasteiger charge is 2.46. The number of halogens is 2. The standard InChI is InChI=1S/C24H22Cl2N6O2/c1-27-24(23(33)34)10-12-31(13-11-24)21-19-22(29-14-28-21)32(16-8-6-15(25)7-9-16)20(30-19)17-4-2-3-5-18(17)26/h2-9,14,27H,10-13H2,1H3,(H,33,34)/p+1. The molecule has 5 rings (SSSR count). The van der Waals surface area contributed by atoms with Crippen LogP contribution in [0, 0.1) is 0 Å². The fourth-order valence-electron chi connectivity index (χ4n) is 4.46. The Morgan fingerprint density at radius 1 is 1.06 bits per heavy atom. The molecule has 2 aromatic heterocycles. The van der Waals surface area contributed by atoms with Gasteiger partial charge in [0.25, 0.3) is 0 Å². The first kappa shape index (κ1) is 22.6. The first-order valence-corrected chi connectivity index (χ1v) is 11.6. The van der Waals surface area contributed by atoms with Crippen LogP contribution in [0.2, 0.25) is 10.0 Å². The van der Waals surface area contributed by atoms with Crippen LogP contribution >= 0.6 is 23.2 Å². The number of fused-ring (bicyclic) bond motifs is 1. The zero-order valence-corrected chi connectivity index (χ0v) is 19.9. The molecule has 3 N–H and O–H groups in total. The van der Waals surface area contributed by atoms with Gasteiger partial charge in [0.15, 0.2) is 22.5 Å². The molecule has 1 aliphatic heterocycles. The third-order valence-electron chi connectivity index (χ3n) is 6.45. The van der Waals surface area contributed by atoms with Crippen molar-refractivity contribution in [1.82, 2.24) is 24.8 Å². The average Bonchev–Trinajstić information content (AvgIpc) is 3.24. The Balaban J connectivity index is 1.66. The van der Waals surface area contributed by atoms with Crippen LogP contribution in [0.1, 0.15) is 12.8 Å². The summed E-state index contributed by atoms with van der Waals surface area (Å²) in [5.41, 5.74) is 2.08. The maximum absolute atomic E-state index is 11.9. The number of rotatable bonds is 5. The topological polar surface area (TPSA) is 98.8 Å². The van der Waals surface area contributed by atoms with Crippen molar-refractivity contribution in [3.8, 4) is 17.1 Å². The largest absolute Gasteiger partial charge is 0.563 e. The molecule has 8 nitrogen and oxygen atoms in total. The number of nitrogens with one attached hydrogen (secondary N) is 1. The molecular weight excluding hydrogens is 475 g/mol. The monoisotopic (exact) mass is 497 g/mol. The van der Waals surface area contributed by atoms with Crippen molar-refractivity contribution in [3.63, 3.8) is 0 Å². The van der Waals surface area contributed by atoms with E-state index in [1.165, 1.54) is 6.33 Å². The molecule has 0 bridgehead atoms. The van der Waals surface area contributed by atoms with Gasteiger partial charge in [0.2, 0.25) is 0 Å². The summed E-state index contributed by atoms with van der Waals surface area (Å²) < 4.78 is 1.95. The van der Waals surface area contributed by atoms with Crippen LogP contribution < -0.4 is 10.2 Å². The van der Waals surface area contributed by atoms with Gasteiger partial charge in [-0.15, -0.1) is 0 Å². The van der Waals surface area contributed by atoms with Gasteiger partial charge in [-0.2, -0.15) is 0 Å². The Morgan fingerprint density at radius 3 is 2.41 bits per heavy atom. The van der Waals surface area contributed by atoms with Crippen molar-refractivity contribution in [2.45, 2.75) is 18.4 Å². The molecule has 1 aliphatic rings. The zero-order chi connectivity index (χ0) is 23.9. The van der Waals surface area contributed by atoms with Crippen molar-refractivity contribution >= 4 is 46.2 Å². The number of aromatic nitrogens is 4. The molecule has 3 heterocycles. The summed E-state index contributed by atoms with van der Waals surface area (Å²) in [5, 5.41) is 12.0. The molecule has 174 valence electrons. The van der Waals surface area contributed by atoms with E-state index in [4.69, 9.17) is 33.3 Å². The van der Waals surface area contributed by atoms with Crippen molar-refractivity contribution in [3.05, 3.63) is 64.9 Å². The van der Waals surface area contributed by atoms with Gasteiger partial charge in [-0.25, -0.2) is 15.0 Å². The molecule has 1 fully saturated rings. The van der Waals surface area contributed by atoms with Gasteiger partial charge in [0.1, 0.15) is 12.2 Å². The van der Waals surface area contributed by atoms with Gasteiger partial charge in [0, 0.05) is 34.2 Å². The Labute approximate surface area is 206 Å². The van der Waals surface area contributed by atoms with E-state index in [9.17, 15) is 4.79 Å². The third-order valence-corrected chi connectivity index (χ3v) is 7.04. The molecule has 2 aromatic carbocycles. The lowest BCUT2D eigenvalue weighted by atomic mass is 9.88. The number of nitrogens with zero attached hydrogens (tertiary/aromatic N) is 5. The van der Waals surface area contributed by atoms with E-state index in [0.29, 0.717) is 58.8 Å². The molecule has 0 amide bonds. The van der Waals surface area contributed by atoms with Gasteiger partial charge in [-0.1, -0.05) is 35.3 Å². The van der Waals surface area contributed by atoms with Crippen molar-refractivity contribution in [2.75, 3.05) is 25.0 Å². The number of piperidine rings is 1. The summed E-state index contributed by atoms with van der Waals surface area (Å²) in [4.78, 5) is 28.1. The fourth-order valence-corrected chi connectivity index (χ4v) is 4.81. The Kier molecular flexibility index (Phi) is 5.89. The minimum absolute atomic E-state index is 0.507. The highest BCUT2D eigenvalue weighted by atomic mass is 35.5. The third kappa shape index (κ3) is 3.77. The number of likely N-dealkylation sites (N-methyl/N-ethyl adjacent to an activating group) is 1. The minimum Gasteiger partial charge on any atom is -0.563 e. The summed E-state index contributed by atoms with van der Waals surface area (Å²) in [5.74, 6) is 0.747. The first-order chi connectivity index (χ1) is 16.4. The van der Waals surface area contributed by atoms with Crippen LogP contribution in [0.15, 0.2) is 54.9 Å². The Bertz CT molecular complexity index is 1360. The normalized spacial score (nSPS) is 15.6. The number of benzene rings is 2. The van der Waals surface area contributed by atoms with Gasteiger partial charge >= 0.3 is 5.97 Å². The molecule has 0 atom stereocenters. The van der Waals surface area contributed by atoms with E-state index >= 15 is 0 Å².